The van der Waals surface area contributed by atoms with E-state index in [0.717, 1.165) is 48.3 Å². The maximum absolute atomic E-state index is 12.7. The SMILES string of the molecule is O=C(O)CCCCCCCCCCCCCCCOC(=O)c1cccc2cc3ccccc3cc12. The highest BCUT2D eigenvalue weighted by Gasteiger charge is 2.12. The fourth-order valence-corrected chi connectivity index (χ4v) is 4.71. The van der Waals surface area contributed by atoms with Crippen LogP contribution < -0.4 is 0 Å². The lowest BCUT2D eigenvalue weighted by Crippen LogP contribution is -2.07. The highest BCUT2D eigenvalue weighted by molar-refractivity contribution is 6.08. The Balaban J connectivity index is 1.22. The minimum atomic E-state index is -0.680. The van der Waals surface area contributed by atoms with Crippen LogP contribution in [0.15, 0.2) is 54.6 Å². The fourth-order valence-electron chi connectivity index (χ4n) is 4.71. The average Bonchev–Trinajstić information content (AvgIpc) is 2.86. The normalized spacial score (nSPS) is 11.2. The zero-order valence-electron chi connectivity index (χ0n) is 21.0. The molecule has 0 atom stereocenters. The Morgan fingerprint density at radius 2 is 1.11 bits per heavy atom. The van der Waals surface area contributed by atoms with Gasteiger partial charge in [-0.3, -0.25) is 4.79 Å². The van der Waals surface area contributed by atoms with Crippen molar-refractivity contribution in [1.82, 2.24) is 0 Å². The molecule has 0 fully saturated rings. The van der Waals surface area contributed by atoms with Gasteiger partial charge in [0.15, 0.2) is 0 Å². The first kappa shape index (κ1) is 26.7. The van der Waals surface area contributed by atoms with Gasteiger partial charge in [0.25, 0.3) is 0 Å². The van der Waals surface area contributed by atoms with E-state index in [1.54, 1.807) is 0 Å². The highest BCUT2D eigenvalue weighted by Crippen LogP contribution is 2.26. The zero-order valence-corrected chi connectivity index (χ0v) is 21.0. The molecule has 4 nitrogen and oxygen atoms in total. The number of unbranched alkanes of at least 4 members (excludes halogenated alkanes) is 12. The number of carbonyl (C=O) groups excluding carboxylic acids is 1. The number of fused-ring (bicyclic) bond motifs is 2. The van der Waals surface area contributed by atoms with Gasteiger partial charge in [0.2, 0.25) is 0 Å². The van der Waals surface area contributed by atoms with Crippen molar-refractivity contribution >= 4 is 33.5 Å². The maximum Gasteiger partial charge on any atom is 0.338 e. The molecule has 3 aromatic carbocycles. The van der Waals surface area contributed by atoms with Gasteiger partial charge in [0.1, 0.15) is 0 Å². The van der Waals surface area contributed by atoms with Crippen molar-refractivity contribution < 1.29 is 19.4 Å². The van der Waals surface area contributed by atoms with Crippen LogP contribution in [0.3, 0.4) is 0 Å². The number of aliphatic carboxylic acids is 1. The molecule has 0 radical (unpaired) electrons. The van der Waals surface area contributed by atoms with Crippen LogP contribution in [0.1, 0.15) is 100 Å². The molecule has 0 saturated heterocycles. The van der Waals surface area contributed by atoms with Crippen molar-refractivity contribution in [3.8, 4) is 0 Å². The van der Waals surface area contributed by atoms with Gasteiger partial charge in [-0.05, 0) is 52.6 Å². The van der Waals surface area contributed by atoms with Gasteiger partial charge in [-0.1, -0.05) is 107 Å². The van der Waals surface area contributed by atoms with Gasteiger partial charge < -0.3 is 9.84 Å². The summed E-state index contributed by atoms with van der Waals surface area (Å²) in [6, 6.07) is 18.3. The van der Waals surface area contributed by atoms with Gasteiger partial charge in [-0.25, -0.2) is 4.79 Å². The van der Waals surface area contributed by atoms with E-state index in [2.05, 4.69) is 24.3 Å². The summed E-state index contributed by atoms with van der Waals surface area (Å²) in [4.78, 5) is 23.2. The quantitative estimate of drug-likeness (QED) is 0.120. The smallest absolute Gasteiger partial charge is 0.338 e. The Labute approximate surface area is 209 Å². The van der Waals surface area contributed by atoms with Crippen LogP contribution in [-0.4, -0.2) is 23.7 Å². The first-order valence-corrected chi connectivity index (χ1v) is 13.5. The number of carboxylic acid groups (broad SMARTS) is 1. The molecule has 0 aliphatic rings. The molecule has 0 unspecified atom stereocenters. The minimum absolute atomic E-state index is 0.229. The summed E-state index contributed by atoms with van der Waals surface area (Å²) in [6.45, 7) is 0.481. The maximum atomic E-state index is 12.7. The van der Waals surface area contributed by atoms with E-state index in [-0.39, 0.29) is 5.97 Å². The second-order valence-corrected chi connectivity index (χ2v) is 9.60. The predicted octanol–water partition coefficient (Wildman–Crippen LogP) is 8.70. The number of benzene rings is 3. The molecule has 4 heteroatoms. The molecule has 0 amide bonds. The topological polar surface area (TPSA) is 63.6 Å². The van der Waals surface area contributed by atoms with E-state index in [1.165, 1.54) is 56.8 Å². The number of carbonyl (C=O) groups is 2. The zero-order chi connectivity index (χ0) is 24.7. The number of rotatable bonds is 17. The van der Waals surface area contributed by atoms with Crippen LogP contribution in [0, 0.1) is 0 Å². The van der Waals surface area contributed by atoms with Crippen molar-refractivity contribution in [2.45, 2.75) is 89.9 Å². The van der Waals surface area contributed by atoms with Crippen molar-refractivity contribution in [2.75, 3.05) is 6.61 Å². The summed E-state index contributed by atoms with van der Waals surface area (Å²) in [5, 5.41) is 12.9. The standard InChI is InChI=1S/C31H40O4/c32-30(33)21-12-10-8-6-4-2-1-3-5-7-9-11-15-22-35-31(34)28-20-16-19-27-23-25-17-13-14-18-26(25)24-29(27)28/h13-14,16-20,23-24H,1-12,15,21-22H2,(H,32,33). The predicted molar refractivity (Wildman–Crippen MR) is 144 cm³/mol. The Kier molecular flexibility index (Phi) is 11.6. The molecule has 0 aromatic heterocycles. The highest BCUT2D eigenvalue weighted by atomic mass is 16.5. The van der Waals surface area contributed by atoms with E-state index in [9.17, 15) is 9.59 Å². The van der Waals surface area contributed by atoms with Crippen LogP contribution in [-0.2, 0) is 9.53 Å². The van der Waals surface area contributed by atoms with E-state index in [0.29, 0.717) is 18.6 Å². The molecule has 3 aromatic rings. The summed E-state index contributed by atoms with van der Waals surface area (Å²) in [5.41, 5.74) is 0.647. The molecular formula is C31H40O4. The van der Waals surface area contributed by atoms with Crippen LogP contribution >= 0.6 is 0 Å². The molecular weight excluding hydrogens is 436 g/mol. The van der Waals surface area contributed by atoms with Crippen LogP contribution in [0.4, 0.5) is 0 Å². The van der Waals surface area contributed by atoms with Crippen LogP contribution in [0.25, 0.3) is 21.5 Å². The monoisotopic (exact) mass is 476 g/mol. The van der Waals surface area contributed by atoms with E-state index in [1.807, 2.05) is 30.3 Å². The molecule has 0 bridgehead atoms. The number of hydrogen-bond donors (Lipinski definition) is 1. The van der Waals surface area contributed by atoms with Crippen LogP contribution in [0.5, 0.6) is 0 Å². The summed E-state index contributed by atoms with van der Waals surface area (Å²) in [6.07, 6.45) is 15.5. The Morgan fingerprint density at radius 3 is 1.71 bits per heavy atom. The number of hydrogen-bond acceptors (Lipinski definition) is 3. The summed E-state index contributed by atoms with van der Waals surface area (Å²) in [7, 11) is 0. The minimum Gasteiger partial charge on any atom is -0.481 e. The van der Waals surface area contributed by atoms with Crippen LogP contribution in [0.2, 0.25) is 0 Å². The van der Waals surface area contributed by atoms with Gasteiger partial charge >= 0.3 is 11.9 Å². The lowest BCUT2D eigenvalue weighted by molar-refractivity contribution is -0.137. The second kappa shape index (κ2) is 15.2. The molecule has 188 valence electrons. The Hall–Kier alpha value is -2.88. The Bertz CT molecular complexity index is 1070. The molecule has 3 rings (SSSR count). The first-order valence-electron chi connectivity index (χ1n) is 13.5. The molecule has 0 spiro atoms. The van der Waals surface area contributed by atoms with Gasteiger partial charge in [0.05, 0.1) is 12.2 Å². The van der Waals surface area contributed by atoms with Crippen molar-refractivity contribution in [3.05, 3.63) is 60.2 Å². The van der Waals surface area contributed by atoms with Crippen molar-refractivity contribution in [1.29, 1.82) is 0 Å². The third kappa shape index (κ3) is 9.35. The molecule has 0 aliphatic carbocycles. The first-order chi connectivity index (χ1) is 17.1. The lowest BCUT2D eigenvalue weighted by Gasteiger charge is -2.09. The third-order valence-electron chi connectivity index (χ3n) is 6.73. The molecule has 0 aliphatic heterocycles. The van der Waals surface area contributed by atoms with E-state index < -0.39 is 5.97 Å². The van der Waals surface area contributed by atoms with Crippen molar-refractivity contribution in [2.24, 2.45) is 0 Å². The van der Waals surface area contributed by atoms with Gasteiger partial charge in [0, 0.05) is 6.42 Å². The number of esters is 1. The molecule has 0 heterocycles. The van der Waals surface area contributed by atoms with E-state index >= 15 is 0 Å². The number of carboxylic acids is 1. The molecule has 0 saturated carbocycles. The van der Waals surface area contributed by atoms with Crippen molar-refractivity contribution in [3.63, 3.8) is 0 Å². The summed E-state index contributed by atoms with van der Waals surface area (Å²) >= 11 is 0. The largest absolute Gasteiger partial charge is 0.481 e. The van der Waals surface area contributed by atoms with Gasteiger partial charge in [-0.2, -0.15) is 0 Å². The summed E-state index contributed by atoms with van der Waals surface area (Å²) < 4.78 is 5.60. The third-order valence-corrected chi connectivity index (χ3v) is 6.73. The fraction of sp³-hybridized carbons (Fsp3) is 0.484. The average molecular weight is 477 g/mol. The summed E-state index contributed by atoms with van der Waals surface area (Å²) in [5.74, 6) is -0.909. The molecule has 35 heavy (non-hydrogen) atoms. The van der Waals surface area contributed by atoms with E-state index in [4.69, 9.17) is 9.84 Å². The molecule has 1 N–H and O–H groups in total. The lowest BCUT2D eigenvalue weighted by atomic mass is 10.00. The number of ether oxygens (including phenoxy) is 1. The van der Waals surface area contributed by atoms with Gasteiger partial charge in [-0.15, -0.1) is 0 Å². The Morgan fingerprint density at radius 1 is 0.600 bits per heavy atom. The second-order valence-electron chi connectivity index (χ2n) is 9.60.